The Morgan fingerprint density at radius 2 is 2.06 bits per heavy atom. The van der Waals surface area contributed by atoms with Gasteiger partial charge in [0.1, 0.15) is 0 Å². The van der Waals surface area contributed by atoms with Gasteiger partial charge in [0.15, 0.2) is 0 Å². The zero-order valence-electron chi connectivity index (χ0n) is 11.9. The maximum Gasteiger partial charge on any atom is 0.0353 e. The third-order valence-electron chi connectivity index (χ3n) is 4.22. The van der Waals surface area contributed by atoms with Gasteiger partial charge in [-0.25, -0.2) is 0 Å². The van der Waals surface area contributed by atoms with E-state index >= 15 is 0 Å². The van der Waals surface area contributed by atoms with E-state index in [0.29, 0.717) is 11.5 Å². The minimum Gasteiger partial charge on any atom is -0.382 e. The molecule has 0 bridgehead atoms. The van der Waals surface area contributed by atoms with E-state index in [1.807, 2.05) is 0 Å². The Morgan fingerprint density at radius 1 is 1.33 bits per heavy atom. The SMILES string of the molecule is Cc1ccc(NC2CCC(C)(C)CC2C)cc1I. The molecule has 2 rings (SSSR count). The number of anilines is 1. The Balaban J connectivity index is 2.03. The number of hydrogen-bond acceptors (Lipinski definition) is 1. The molecule has 0 radical (unpaired) electrons. The summed E-state index contributed by atoms with van der Waals surface area (Å²) in [5.74, 6) is 0.757. The highest BCUT2D eigenvalue weighted by Gasteiger charge is 2.32. The average Bonchev–Trinajstić information content (AvgIpc) is 2.27. The average molecular weight is 357 g/mol. The first kappa shape index (κ1) is 14.2. The first-order valence-electron chi connectivity index (χ1n) is 6.90. The van der Waals surface area contributed by atoms with Crippen LogP contribution in [0.3, 0.4) is 0 Å². The second kappa shape index (κ2) is 5.40. The van der Waals surface area contributed by atoms with Crippen molar-refractivity contribution in [2.24, 2.45) is 11.3 Å². The van der Waals surface area contributed by atoms with Crippen molar-refractivity contribution in [1.29, 1.82) is 0 Å². The molecule has 0 heterocycles. The molecule has 2 atom stereocenters. The van der Waals surface area contributed by atoms with Gasteiger partial charge in [-0.3, -0.25) is 0 Å². The van der Waals surface area contributed by atoms with Crippen molar-refractivity contribution in [1.82, 2.24) is 0 Å². The molecule has 1 aliphatic rings. The highest BCUT2D eigenvalue weighted by atomic mass is 127. The molecule has 0 amide bonds. The molecule has 100 valence electrons. The van der Waals surface area contributed by atoms with Gasteiger partial charge < -0.3 is 5.32 Å². The van der Waals surface area contributed by atoms with Gasteiger partial charge in [-0.15, -0.1) is 0 Å². The number of benzene rings is 1. The number of hydrogen-bond donors (Lipinski definition) is 1. The lowest BCUT2D eigenvalue weighted by atomic mass is 9.70. The molecule has 0 aromatic heterocycles. The quantitative estimate of drug-likeness (QED) is 0.715. The highest BCUT2D eigenvalue weighted by molar-refractivity contribution is 14.1. The van der Waals surface area contributed by atoms with Gasteiger partial charge in [0.2, 0.25) is 0 Å². The molecule has 1 fully saturated rings. The van der Waals surface area contributed by atoms with Crippen LogP contribution >= 0.6 is 22.6 Å². The molecule has 1 saturated carbocycles. The summed E-state index contributed by atoms with van der Waals surface area (Å²) in [6, 6.07) is 7.32. The second-order valence-corrected chi connectivity index (χ2v) is 7.76. The van der Waals surface area contributed by atoms with E-state index in [1.54, 1.807) is 0 Å². The number of nitrogens with one attached hydrogen (secondary N) is 1. The van der Waals surface area contributed by atoms with E-state index in [0.717, 1.165) is 5.92 Å². The number of aryl methyl sites for hydroxylation is 1. The van der Waals surface area contributed by atoms with Crippen molar-refractivity contribution in [2.45, 2.75) is 53.0 Å². The van der Waals surface area contributed by atoms with Crippen molar-refractivity contribution in [2.75, 3.05) is 5.32 Å². The summed E-state index contributed by atoms with van der Waals surface area (Å²) in [4.78, 5) is 0. The summed E-state index contributed by atoms with van der Waals surface area (Å²) in [7, 11) is 0. The third-order valence-corrected chi connectivity index (χ3v) is 5.38. The summed E-state index contributed by atoms with van der Waals surface area (Å²) < 4.78 is 1.35. The normalized spacial score (nSPS) is 26.9. The van der Waals surface area contributed by atoms with Crippen LogP contribution in [0.5, 0.6) is 0 Å². The van der Waals surface area contributed by atoms with Crippen LogP contribution in [0.4, 0.5) is 5.69 Å². The predicted molar refractivity (Wildman–Crippen MR) is 88.1 cm³/mol. The molecule has 1 aromatic carbocycles. The van der Waals surface area contributed by atoms with Crippen LogP contribution < -0.4 is 5.32 Å². The molecule has 1 aromatic rings. The van der Waals surface area contributed by atoms with Crippen molar-refractivity contribution < 1.29 is 0 Å². The summed E-state index contributed by atoms with van der Waals surface area (Å²) in [6.45, 7) is 9.35. The van der Waals surface area contributed by atoms with E-state index in [1.165, 1.54) is 34.1 Å². The minimum atomic E-state index is 0.527. The Hall–Kier alpha value is -0.250. The molecule has 2 heteroatoms. The van der Waals surface area contributed by atoms with Gasteiger partial charge in [-0.2, -0.15) is 0 Å². The lowest BCUT2D eigenvalue weighted by Crippen LogP contribution is -2.36. The van der Waals surface area contributed by atoms with E-state index in [2.05, 4.69) is 73.8 Å². The fourth-order valence-corrected chi connectivity index (χ4v) is 3.57. The molecule has 1 aliphatic carbocycles. The molecule has 1 nitrogen and oxygen atoms in total. The minimum absolute atomic E-state index is 0.527. The van der Waals surface area contributed by atoms with Crippen LogP contribution in [-0.4, -0.2) is 6.04 Å². The Kier molecular flexibility index (Phi) is 4.25. The Bertz CT molecular complexity index is 425. The topological polar surface area (TPSA) is 12.0 Å². The highest BCUT2D eigenvalue weighted by Crippen LogP contribution is 2.39. The van der Waals surface area contributed by atoms with Gasteiger partial charge >= 0.3 is 0 Å². The standard InChI is InChI=1S/C16H24IN/c1-11-5-6-13(9-14(11)17)18-15-7-8-16(3,4)10-12(15)2/h5-6,9,12,15,18H,7-8,10H2,1-4H3. The predicted octanol–water partition coefficient (Wildman–Crippen LogP) is 5.23. The van der Waals surface area contributed by atoms with Gasteiger partial charge in [0.05, 0.1) is 0 Å². The van der Waals surface area contributed by atoms with Crippen LogP contribution in [0.15, 0.2) is 18.2 Å². The lowest BCUT2D eigenvalue weighted by Gasteiger charge is -2.40. The summed E-state index contributed by atoms with van der Waals surface area (Å²) in [5.41, 5.74) is 3.17. The number of rotatable bonds is 2. The largest absolute Gasteiger partial charge is 0.382 e. The maximum absolute atomic E-state index is 3.73. The van der Waals surface area contributed by atoms with Crippen LogP contribution in [0, 0.1) is 21.8 Å². The molecule has 0 saturated heterocycles. The molecule has 0 aliphatic heterocycles. The van der Waals surface area contributed by atoms with E-state index in [4.69, 9.17) is 0 Å². The Labute approximate surface area is 125 Å². The monoisotopic (exact) mass is 357 g/mol. The summed E-state index contributed by atoms with van der Waals surface area (Å²) >= 11 is 2.41. The third kappa shape index (κ3) is 3.40. The van der Waals surface area contributed by atoms with Crippen LogP contribution in [0.25, 0.3) is 0 Å². The summed E-state index contributed by atoms with van der Waals surface area (Å²) in [6.07, 6.45) is 3.95. The van der Waals surface area contributed by atoms with Crippen LogP contribution in [-0.2, 0) is 0 Å². The smallest absolute Gasteiger partial charge is 0.0353 e. The molecule has 2 unspecified atom stereocenters. The Morgan fingerprint density at radius 3 is 2.67 bits per heavy atom. The van der Waals surface area contributed by atoms with Crippen molar-refractivity contribution in [3.05, 3.63) is 27.3 Å². The lowest BCUT2D eigenvalue weighted by molar-refractivity contribution is 0.177. The zero-order chi connectivity index (χ0) is 13.3. The van der Waals surface area contributed by atoms with Crippen LogP contribution in [0.1, 0.15) is 45.6 Å². The first-order valence-corrected chi connectivity index (χ1v) is 7.98. The molecular weight excluding hydrogens is 333 g/mol. The first-order chi connectivity index (χ1) is 8.37. The van der Waals surface area contributed by atoms with Crippen LogP contribution in [0.2, 0.25) is 0 Å². The van der Waals surface area contributed by atoms with Gasteiger partial charge in [-0.05, 0) is 77.8 Å². The zero-order valence-corrected chi connectivity index (χ0v) is 14.0. The van der Waals surface area contributed by atoms with E-state index < -0.39 is 0 Å². The van der Waals surface area contributed by atoms with Crippen molar-refractivity contribution in [3.8, 4) is 0 Å². The van der Waals surface area contributed by atoms with Crippen molar-refractivity contribution in [3.63, 3.8) is 0 Å². The fourth-order valence-electron chi connectivity index (χ4n) is 3.06. The summed E-state index contributed by atoms with van der Waals surface area (Å²) in [5, 5.41) is 3.73. The van der Waals surface area contributed by atoms with Gasteiger partial charge in [0, 0.05) is 15.3 Å². The molecule has 1 N–H and O–H groups in total. The van der Waals surface area contributed by atoms with E-state index in [9.17, 15) is 0 Å². The molecule has 18 heavy (non-hydrogen) atoms. The fraction of sp³-hybridized carbons (Fsp3) is 0.625. The van der Waals surface area contributed by atoms with E-state index in [-0.39, 0.29) is 0 Å². The van der Waals surface area contributed by atoms with Crippen molar-refractivity contribution >= 4 is 28.3 Å². The van der Waals surface area contributed by atoms with Gasteiger partial charge in [-0.1, -0.05) is 26.8 Å². The van der Waals surface area contributed by atoms with Gasteiger partial charge in [0.25, 0.3) is 0 Å². The molecular formula is C16H24IN. The number of halogens is 1. The maximum atomic E-state index is 3.73. The molecule has 0 spiro atoms. The second-order valence-electron chi connectivity index (χ2n) is 6.60.